The number of imide groups is 1. The maximum atomic E-state index is 12.6. The van der Waals surface area contributed by atoms with Crippen LogP contribution in [0.3, 0.4) is 0 Å². The van der Waals surface area contributed by atoms with E-state index in [0.29, 0.717) is 18.5 Å². The maximum Gasteiger partial charge on any atom is 0.255 e. The lowest BCUT2D eigenvalue weighted by Gasteiger charge is -2.29. The van der Waals surface area contributed by atoms with E-state index in [1.807, 2.05) is 18.2 Å². The van der Waals surface area contributed by atoms with Gasteiger partial charge in [-0.2, -0.15) is 0 Å². The van der Waals surface area contributed by atoms with E-state index in [4.69, 9.17) is 0 Å². The Kier molecular flexibility index (Phi) is 2.72. The van der Waals surface area contributed by atoms with E-state index in [0.717, 1.165) is 16.3 Å². The molecule has 1 aromatic carbocycles. The Morgan fingerprint density at radius 1 is 1.18 bits per heavy atom. The fraction of sp³-hybridized carbons (Fsp3) is 0.250. The van der Waals surface area contributed by atoms with E-state index in [2.05, 4.69) is 10.3 Å². The van der Waals surface area contributed by atoms with Crippen LogP contribution in [0.15, 0.2) is 30.6 Å². The van der Waals surface area contributed by atoms with Gasteiger partial charge in [-0.15, -0.1) is 0 Å². The molecule has 6 nitrogen and oxygen atoms in total. The molecule has 0 saturated carbocycles. The molecule has 22 heavy (non-hydrogen) atoms. The molecule has 110 valence electrons. The van der Waals surface area contributed by atoms with Gasteiger partial charge in [-0.3, -0.25) is 24.7 Å². The quantitative estimate of drug-likeness (QED) is 0.796. The topological polar surface area (TPSA) is 79.4 Å². The SMILES string of the molecule is O=C1CCC(N2Cc3cc4cnccc4cc3C2=O)C(=O)N1. The first kappa shape index (κ1) is 12.9. The molecule has 3 amide bonds. The van der Waals surface area contributed by atoms with E-state index in [9.17, 15) is 14.4 Å². The molecule has 2 aliphatic rings. The summed E-state index contributed by atoms with van der Waals surface area (Å²) in [7, 11) is 0. The van der Waals surface area contributed by atoms with Crippen LogP contribution in [0.25, 0.3) is 10.8 Å². The number of benzene rings is 1. The third kappa shape index (κ3) is 1.88. The van der Waals surface area contributed by atoms with Crippen molar-refractivity contribution in [2.24, 2.45) is 0 Å². The van der Waals surface area contributed by atoms with Gasteiger partial charge in [0.05, 0.1) is 0 Å². The second-order valence-corrected chi connectivity index (χ2v) is 5.63. The molecular weight excluding hydrogens is 282 g/mol. The Labute approximate surface area is 126 Å². The Bertz CT molecular complexity index is 830. The van der Waals surface area contributed by atoms with Crippen molar-refractivity contribution in [3.05, 3.63) is 41.7 Å². The molecule has 1 atom stereocenters. The van der Waals surface area contributed by atoms with Crippen molar-refractivity contribution >= 4 is 28.5 Å². The summed E-state index contributed by atoms with van der Waals surface area (Å²) in [5.74, 6) is -0.811. The number of amides is 3. The molecule has 1 N–H and O–H groups in total. The first-order chi connectivity index (χ1) is 10.6. The number of pyridine rings is 1. The molecule has 0 aliphatic carbocycles. The zero-order chi connectivity index (χ0) is 15.3. The predicted octanol–water partition coefficient (Wildman–Crippen LogP) is 0.996. The van der Waals surface area contributed by atoms with Gasteiger partial charge in [-0.25, -0.2) is 0 Å². The molecule has 4 rings (SSSR count). The van der Waals surface area contributed by atoms with Gasteiger partial charge in [0.2, 0.25) is 11.8 Å². The summed E-state index contributed by atoms with van der Waals surface area (Å²) >= 11 is 0. The molecular formula is C16H13N3O3. The lowest BCUT2D eigenvalue weighted by atomic mass is 10.0. The van der Waals surface area contributed by atoms with E-state index in [1.54, 1.807) is 17.3 Å². The lowest BCUT2D eigenvalue weighted by Crippen LogP contribution is -2.52. The summed E-state index contributed by atoms with van der Waals surface area (Å²) < 4.78 is 0. The van der Waals surface area contributed by atoms with E-state index in [1.165, 1.54) is 0 Å². The molecule has 2 aromatic rings. The van der Waals surface area contributed by atoms with Crippen LogP contribution >= 0.6 is 0 Å². The first-order valence-corrected chi connectivity index (χ1v) is 7.15. The van der Waals surface area contributed by atoms with Crippen LogP contribution < -0.4 is 5.32 Å². The van der Waals surface area contributed by atoms with Gasteiger partial charge in [-0.1, -0.05) is 0 Å². The standard InChI is InChI=1S/C16H13N3O3/c20-14-2-1-13(15(21)18-14)19-8-11-5-10-7-17-4-3-9(10)6-12(11)16(19)22/h3-7,13H,1-2,8H2,(H,18,20,21). The van der Waals surface area contributed by atoms with Crippen LogP contribution in [-0.2, 0) is 16.1 Å². The molecule has 0 spiro atoms. The van der Waals surface area contributed by atoms with E-state index in [-0.39, 0.29) is 24.1 Å². The zero-order valence-electron chi connectivity index (χ0n) is 11.7. The smallest absolute Gasteiger partial charge is 0.255 e. The summed E-state index contributed by atoms with van der Waals surface area (Å²) in [5.41, 5.74) is 1.53. The Morgan fingerprint density at radius 3 is 2.86 bits per heavy atom. The predicted molar refractivity (Wildman–Crippen MR) is 77.8 cm³/mol. The molecule has 0 radical (unpaired) electrons. The number of hydrogen-bond donors (Lipinski definition) is 1. The largest absolute Gasteiger partial charge is 0.322 e. The van der Waals surface area contributed by atoms with Crippen LogP contribution in [-0.4, -0.2) is 33.6 Å². The minimum Gasteiger partial charge on any atom is -0.322 e. The lowest BCUT2D eigenvalue weighted by molar-refractivity contribution is -0.136. The molecule has 2 aliphatic heterocycles. The van der Waals surface area contributed by atoms with Crippen LogP contribution in [0.1, 0.15) is 28.8 Å². The second kappa shape index (κ2) is 4.62. The van der Waals surface area contributed by atoms with Crippen LogP contribution in [0, 0.1) is 0 Å². The van der Waals surface area contributed by atoms with Gasteiger partial charge in [0.25, 0.3) is 5.91 Å². The van der Waals surface area contributed by atoms with Crippen LogP contribution in [0.2, 0.25) is 0 Å². The van der Waals surface area contributed by atoms with Gasteiger partial charge < -0.3 is 4.90 Å². The van der Waals surface area contributed by atoms with Crippen molar-refractivity contribution in [1.29, 1.82) is 0 Å². The summed E-state index contributed by atoms with van der Waals surface area (Å²) in [6, 6.07) is 5.08. The first-order valence-electron chi connectivity index (χ1n) is 7.15. The average Bonchev–Trinajstić information content (AvgIpc) is 2.82. The molecule has 3 heterocycles. The average molecular weight is 295 g/mol. The zero-order valence-corrected chi connectivity index (χ0v) is 11.7. The highest BCUT2D eigenvalue weighted by molar-refractivity contribution is 6.07. The van der Waals surface area contributed by atoms with Crippen molar-refractivity contribution in [3.63, 3.8) is 0 Å². The number of rotatable bonds is 1. The fourth-order valence-corrected chi connectivity index (χ4v) is 3.15. The highest BCUT2D eigenvalue weighted by atomic mass is 16.2. The monoisotopic (exact) mass is 295 g/mol. The Hall–Kier alpha value is -2.76. The number of carbonyl (C=O) groups excluding carboxylic acids is 3. The number of nitrogens with one attached hydrogen (secondary N) is 1. The molecule has 1 fully saturated rings. The third-order valence-electron chi connectivity index (χ3n) is 4.28. The fourth-order valence-electron chi connectivity index (χ4n) is 3.15. The summed E-state index contributed by atoms with van der Waals surface area (Å²) in [4.78, 5) is 41.5. The van der Waals surface area contributed by atoms with Crippen molar-refractivity contribution in [3.8, 4) is 0 Å². The Morgan fingerprint density at radius 2 is 2.05 bits per heavy atom. The number of piperidine rings is 1. The molecule has 1 aromatic heterocycles. The number of fused-ring (bicyclic) bond motifs is 2. The highest BCUT2D eigenvalue weighted by Crippen LogP contribution is 2.30. The number of carbonyl (C=O) groups is 3. The van der Waals surface area contributed by atoms with Crippen molar-refractivity contribution < 1.29 is 14.4 Å². The minimum absolute atomic E-state index is 0.150. The van der Waals surface area contributed by atoms with Crippen molar-refractivity contribution in [2.75, 3.05) is 0 Å². The van der Waals surface area contributed by atoms with E-state index >= 15 is 0 Å². The van der Waals surface area contributed by atoms with Gasteiger partial charge >= 0.3 is 0 Å². The molecule has 1 saturated heterocycles. The molecule has 1 unspecified atom stereocenters. The summed E-state index contributed by atoms with van der Waals surface area (Å²) in [5, 5.41) is 4.23. The highest BCUT2D eigenvalue weighted by Gasteiger charge is 2.39. The normalized spacial score (nSPS) is 21.2. The summed E-state index contributed by atoms with van der Waals surface area (Å²) in [6.45, 7) is 0.394. The van der Waals surface area contributed by atoms with E-state index < -0.39 is 6.04 Å². The van der Waals surface area contributed by atoms with Crippen LogP contribution in [0.4, 0.5) is 0 Å². The maximum absolute atomic E-state index is 12.6. The number of aromatic nitrogens is 1. The summed E-state index contributed by atoms with van der Waals surface area (Å²) in [6.07, 6.45) is 4.09. The van der Waals surface area contributed by atoms with Crippen LogP contribution in [0.5, 0.6) is 0 Å². The van der Waals surface area contributed by atoms with Gasteiger partial charge in [0.15, 0.2) is 0 Å². The number of hydrogen-bond acceptors (Lipinski definition) is 4. The molecule has 6 heteroatoms. The number of nitrogens with zero attached hydrogens (tertiary/aromatic N) is 2. The van der Waals surface area contributed by atoms with Gasteiger partial charge in [0, 0.05) is 36.3 Å². The van der Waals surface area contributed by atoms with Crippen molar-refractivity contribution in [2.45, 2.75) is 25.4 Å². The van der Waals surface area contributed by atoms with Gasteiger partial charge in [-0.05, 0) is 35.6 Å². The van der Waals surface area contributed by atoms with Gasteiger partial charge in [0.1, 0.15) is 6.04 Å². The molecule has 0 bridgehead atoms. The Balaban J connectivity index is 1.71. The second-order valence-electron chi connectivity index (χ2n) is 5.63. The van der Waals surface area contributed by atoms with Crippen molar-refractivity contribution in [1.82, 2.24) is 15.2 Å². The minimum atomic E-state index is -0.571. The third-order valence-corrected chi connectivity index (χ3v) is 4.28.